The number of H-pyrrole nitrogens is 1. The molecule has 140 valence electrons. The first-order valence-corrected chi connectivity index (χ1v) is 9.64. The van der Waals surface area contributed by atoms with Crippen LogP contribution < -0.4 is 5.32 Å². The van der Waals surface area contributed by atoms with Crippen LogP contribution in [0, 0.1) is 13.8 Å². The number of likely N-dealkylation sites (tertiary alicyclic amines) is 1. The van der Waals surface area contributed by atoms with E-state index in [4.69, 9.17) is 0 Å². The average Bonchev–Trinajstić information content (AvgIpc) is 3.24. The average molecular weight is 355 g/mol. The van der Waals surface area contributed by atoms with E-state index in [1.807, 2.05) is 6.92 Å². The lowest BCUT2D eigenvalue weighted by atomic mass is 10.0. The summed E-state index contributed by atoms with van der Waals surface area (Å²) in [6.07, 6.45) is 3.06. The molecule has 1 aliphatic rings. The van der Waals surface area contributed by atoms with Gasteiger partial charge in [-0.15, -0.1) is 0 Å². The molecule has 1 aromatic carbocycles. The second-order valence-electron chi connectivity index (χ2n) is 7.25. The highest BCUT2D eigenvalue weighted by Crippen LogP contribution is 2.27. The first-order valence-electron chi connectivity index (χ1n) is 9.64. The van der Waals surface area contributed by atoms with Gasteiger partial charge in [0.15, 0.2) is 0 Å². The van der Waals surface area contributed by atoms with Crippen molar-refractivity contribution >= 4 is 22.7 Å². The SMILES string of the molecule is CCC(=O)N1CCCC1C(=O)NCc1cc(C)cc2c(C)c(CC)[nH]c12. The number of hydrogen-bond donors (Lipinski definition) is 2. The van der Waals surface area contributed by atoms with Crippen molar-refractivity contribution in [2.45, 2.75) is 66.0 Å². The smallest absolute Gasteiger partial charge is 0.243 e. The summed E-state index contributed by atoms with van der Waals surface area (Å²) in [7, 11) is 0. The maximum absolute atomic E-state index is 12.7. The zero-order chi connectivity index (χ0) is 18.8. The Bertz CT molecular complexity index is 837. The van der Waals surface area contributed by atoms with E-state index in [-0.39, 0.29) is 17.9 Å². The van der Waals surface area contributed by atoms with Gasteiger partial charge in [0.1, 0.15) is 6.04 Å². The van der Waals surface area contributed by atoms with Crippen molar-refractivity contribution in [3.8, 4) is 0 Å². The lowest BCUT2D eigenvalue weighted by Gasteiger charge is -2.23. The van der Waals surface area contributed by atoms with Crippen LogP contribution >= 0.6 is 0 Å². The number of carbonyl (C=O) groups excluding carboxylic acids is 2. The molecule has 3 rings (SSSR count). The number of aromatic amines is 1. The second-order valence-corrected chi connectivity index (χ2v) is 7.25. The number of nitrogens with one attached hydrogen (secondary N) is 2. The van der Waals surface area contributed by atoms with E-state index in [1.54, 1.807) is 4.90 Å². The number of amides is 2. The minimum Gasteiger partial charge on any atom is -0.358 e. The maximum Gasteiger partial charge on any atom is 0.243 e. The van der Waals surface area contributed by atoms with Crippen molar-refractivity contribution in [2.24, 2.45) is 0 Å². The topological polar surface area (TPSA) is 65.2 Å². The molecule has 1 saturated heterocycles. The number of rotatable bonds is 5. The fraction of sp³-hybridized carbons (Fsp3) is 0.524. The fourth-order valence-electron chi connectivity index (χ4n) is 4.05. The molecule has 26 heavy (non-hydrogen) atoms. The van der Waals surface area contributed by atoms with E-state index >= 15 is 0 Å². The Morgan fingerprint density at radius 2 is 2.04 bits per heavy atom. The second kappa shape index (κ2) is 7.52. The Balaban J connectivity index is 1.79. The van der Waals surface area contributed by atoms with Crippen molar-refractivity contribution in [3.05, 3.63) is 34.5 Å². The zero-order valence-electron chi connectivity index (χ0n) is 16.2. The third kappa shape index (κ3) is 3.35. The van der Waals surface area contributed by atoms with Gasteiger partial charge >= 0.3 is 0 Å². The standard InChI is InChI=1S/C21H29N3O2/c1-5-17-14(4)16-11-13(3)10-15(20(16)23-17)12-22-21(26)18-8-7-9-24(18)19(25)6-2/h10-11,18,23H,5-9,12H2,1-4H3,(H,22,26). The highest BCUT2D eigenvalue weighted by molar-refractivity contribution is 5.90. The van der Waals surface area contributed by atoms with Gasteiger partial charge in [0, 0.05) is 30.6 Å². The van der Waals surface area contributed by atoms with Gasteiger partial charge in [0.25, 0.3) is 0 Å². The van der Waals surface area contributed by atoms with Crippen LogP contribution in [0.25, 0.3) is 10.9 Å². The summed E-state index contributed by atoms with van der Waals surface area (Å²) >= 11 is 0. The third-order valence-corrected chi connectivity index (χ3v) is 5.48. The molecule has 5 heteroatoms. The van der Waals surface area contributed by atoms with Crippen molar-refractivity contribution in [1.29, 1.82) is 0 Å². The predicted molar refractivity (Wildman–Crippen MR) is 104 cm³/mol. The minimum absolute atomic E-state index is 0.0436. The quantitative estimate of drug-likeness (QED) is 0.864. The summed E-state index contributed by atoms with van der Waals surface area (Å²) in [5.41, 5.74) is 5.93. The van der Waals surface area contributed by atoms with E-state index in [0.717, 1.165) is 30.3 Å². The Morgan fingerprint density at radius 1 is 1.27 bits per heavy atom. The molecule has 1 unspecified atom stereocenters. The Labute approximate surface area is 155 Å². The highest BCUT2D eigenvalue weighted by atomic mass is 16.2. The normalized spacial score (nSPS) is 17.1. The van der Waals surface area contributed by atoms with Crippen molar-refractivity contribution in [2.75, 3.05) is 6.54 Å². The summed E-state index contributed by atoms with van der Waals surface area (Å²) in [5.74, 6) is 0.0196. The number of hydrogen-bond acceptors (Lipinski definition) is 2. The number of nitrogens with zero attached hydrogens (tertiary/aromatic N) is 1. The van der Waals surface area contributed by atoms with Crippen LogP contribution in [-0.2, 0) is 22.6 Å². The van der Waals surface area contributed by atoms with Gasteiger partial charge in [-0.1, -0.05) is 25.5 Å². The maximum atomic E-state index is 12.7. The molecule has 0 saturated carbocycles. The number of aromatic nitrogens is 1. The highest BCUT2D eigenvalue weighted by Gasteiger charge is 2.33. The first kappa shape index (κ1) is 18.5. The molecule has 5 nitrogen and oxygen atoms in total. The number of aryl methyl sites for hydroxylation is 3. The molecule has 2 N–H and O–H groups in total. The van der Waals surface area contributed by atoms with Gasteiger partial charge in [-0.2, -0.15) is 0 Å². The molecule has 1 aliphatic heterocycles. The van der Waals surface area contributed by atoms with E-state index in [1.165, 1.54) is 22.2 Å². The van der Waals surface area contributed by atoms with Gasteiger partial charge in [-0.3, -0.25) is 9.59 Å². The summed E-state index contributed by atoms with van der Waals surface area (Å²) in [5, 5.41) is 4.29. The fourth-order valence-corrected chi connectivity index (χ4v) is 4.05. The zero-order valence-corrected chi connectivity index (χ0v) is 16.2. The molecule has 1 atom stereocenters. The third-order valence-electron chi connectivity index (χ3n) is 5.48. The summed E-state index contributed by atoms with van der Waals surface area (Å²) in [6, 6.07) is 4.01. The van der Waals surface area contributed by atoms with Crippen LogP contribution in [0.2, 0.25) is 0 Å². The van der Waals surface area contributed by atoms with E-state index in [2.05, 4.69) is 43.2 Å². The first-order chi connectivity index (χ1) is 12.5. The predicted octanol–water partition coefficient (Wildman–Crippen LogP) is 3.36. The summed E-state index contributed by atoms with van der Waals surface area (Å²) in [6.45, 7) is 9.39. The lowest BCUT2D eigenvalue weighted by molar-refractivity contribution is -0.138. The number of fused-ring (bicyclic) bond motifs is 1. The monoisotopic (exact) mass is 355 g/mol. The molecule has 0 bridgehead atoms. The Kier molecular flexibility index (Phi) is 5.35. The molecule has 0 aliphatic carbocycles. The van der Waals surface area contributed by atoms with Crippen LogP contribution in [0.15, 0.2) is 12.1 Å². The van der Waals surface area contributed by atoms with Crippen LogP contribution in [0.4, 0.5) is 0 Å². The van der Waals surface area contributed by atoms with Gasteiger partial charge in [0.2, 0.25) is 11.8 Å². The number of benzene rings is 1. The molecular weight excluding hydrogens is 326 g/mol. The molecule has 2 aromatic rings. The molecule has 0 spiro atoms. The van der Waals surface area contributed by atoms with Crippen molar-refractivity contribution in [1.82, 2.24) is 15.2 Å². The van der Waals surface area contributed by atoms with Gasteiger partial charge in [0.05, 0.1) is 5.52 Å². The molecule has 2 amide bonds. The molecule has 1 fully saturated rings. The molecule has 1 aromatic heterocycles. The molecular formula is C21H29N3O2. The van der Waals surface area contributed by atoms with Crippen molar-refractivity contribution < 1.29 is 9.59 Å². The number of carbonyl (C=O) groups is 2. The Morgan fingerprint density at radius 3 is 2.73 bits per heavy atom. The minimum atomic E-state index is -0.320. The molecule has 2 heterocycles. The summed E-state index contributed by atoms with van der Waals surface area (Å²) < 4.78 is 0. The van der Waals surface area contributed by atoms with Gasteiger partial charge < -0.3 is 15.2 Å². The van der Waals surface area contributed by atoms with E-state index in [0.29, 0.717) is 19.5 Å². The van der Waals surface area contributed by atoms with E-state index in [9.17, 15) is 9.59 Å². The molecule has 0 radical (unpaired) electrons. The van der Waals surface area contributed by atoms with Crippen molar-refractivity contribution in [3.63, 3.8) is 0 Å². The van der Waals surface area contributed by atoms with Crippen LogP contribution in [0.3, 0.4) is 0 Å². The largest absolute Gasteiger partial charge is 0.358 e. The summed E-state index contributed by atoms with van der Waals surface area (Å²) in [4.78, 5) is 30.0. The lowest BCUT2D eigenvalue weighted by Crippen LogP contribution is -2.45. The van der Waals surface area contributed by atoms with Gasteiger partial charge in [-0.25, -0.2) is 0 Å². The van der Waals surface area contributed by atoms with E-state index < -0.39 is 0 Å². The van der Waals surface area contributed by atoms with Gasteiger partial charge in [-0.05, 0) is 50.3 Å². The Hall–Kier alpha value is -2.30. The van der Waals surface area contributed by atoms with Crippen LogP contribution in [0.1, 0.15) is 55.5 Å². The van der Waals surface area contributed by atoms with Crippen LogP contribution in [0.5, 0.6) is 0 Å². The van der Waals surface area contributed by atoms with Crippen LogP contribution in [-0.4, -0.2) is 34.3 Å².